The van der Waals surface area contributed by atoms with Gasteiger partial charge in [-0.25, -0.2) is 0 Å². The predicted octanol–water partition coefficient (Wildman–Crippen LogP) is 0.463. The van der Waals surface area contributed by atoms with E-state index >= 15 is 0 Å². The maximum Gasteiger partial charge on any atom is 0.234 e. The van der Waals surface area contributed by atoms with Crippen LogP contribution in [-0.2, 0) is 4.79 Å². The number of piperazine rings is 1. The third-order valence-electron chi connectivity index (χ3n) is 2.42. The minimum absolute atomic E-state index is 0.168. The van der Waals surface area contributed by atoms with E-state index < -0.39 is 0 Å². The highest BCUT2D eigenvalue weighted by Crippen LogP contribution is 2.07. The van der Waals surface area contributed by atoms with E-state index in [1.165, 1.54) is 0 Å². The zero-order valence-electron chi connectivity index (χ0n) is 8.13. The molecule has 1 fully saturated rings. The van der Waals surface area contributed by atoms with Crippen molar-refractivity contribution in [3.05, 3.63) is 0 Å². The molecule has 1 rings (SSSR count). The summed E-state index contributed by atoms with van der Waals surface area (Å²) in [6.45, 7) is 8.92. The summed E-state index contributed by atoms with van der Waals surface area (Å²) < 4.78 is 0. The Balaban J connectivity index is 2.51. The molecule has 1 amide bonds. The molecule has 1 saturated heterocycles. The number of carbonyl (C=O) groups is 1. The second kappa shape index (κ2) is 3.90. The van der Waals surface area contributed by atoms with Crippen LogP contribution in [0, 0.1) is 5.92 Å². The van der Waals surface area contributed by atoms with Crippen LogP contribution in [0.3, 0.4) is 0 Å². The quantitative estimate of drug-likeness (QED) is 0.653. The highest BCUT2D eigenvalue weighted by Gasteiger charge is 2.25. The van der Waals surface area contributed by atoms with Crippen molar-refractivity contribution in [1.29, 1.82) is 0 Å². The van der Waals surface area contributed by atoms with Gasteiger partial charge in [-0.3, -0.25) is 9.69 Å². The zero-order chi connectivity index (χ0) is 9.14. The van der Waals surface area contributed by atoms with Crippen LogP contribution in [0.5, 0.6) is 0 Å². The van der Waals surface area contributed by atoms with E-state index in [0.29, 0.717) is 18.5 Å². The minimum Gasteiger partial charge on any atom is -0.351 e. The first kappa shape index (κ1) is 9.52. The number of rotatable bonds is 2. The van der Waals surface area contributed by atoms with Crippen LogP contribution in [-0.4, -0.2) is 36.5 Å². The molecule has 12 heavy (non-hydrogen) atoms. The molecule has 1 aliphatic heterocycles. The topological polar surface area (TPSA) is 32.3 Å². The molecule has 0 aromatic carbocycles. The lowest BCUT2D eigenvalue weighted by Crippen LogP contribution is -2.55. The third-order valence-corrected chi connectivity index (χ3v) is 2.42. The Morgan fingerprint density at radius 2 is 2.33 bits per heavy atom. The summed E-state index contributed by atoms with van der Waals surface area (Å²) in [6, 6.07) is 0.339. The van der Waals surface area contributed by atoms with E-state index in [1.54, 1.807) is 0 Å². The Morgan fingerprint density at radius 3 is 2.83 bits per heavy atom. The van der Waals surface area contributed by atoms with E-state index in [4.69, 9.17) is 0 Å². The lowest BCUT2D eigenvalue weighted by Gasteiger charge is -2.34. The minimum atomic E-state index is 0.168. The molecular weight excluding hydrogens is 152 g/mol. The van der Waals surface area contributed by atoms with Crippen LogP contribution in [0.15, 0.2) is 0 Å². The molecule has 1 unspecified atom stereocenters. The lowest BCUT2D eigenvalue weighted by molar-refractivity contribution is -0.126. The van der Waals surface area contributed by atoms with Gasteiger partial charge in [0.15, 0.2) is 0 Å². The molecule has 1 atom stereocenters. The van der Waals surface area contributed by atoms with Crippen LogP contribution >= 0.6 is 0 Å². The maximum atomic E-state index is 11.2. The summed E-state index contributed by atoms with van der Waals surface area (Å²) in [5, 5.41) is 3.00. The van der Waals surface area contributed by atoms with Gasteiger partial charge in [-0.15, -0.1) is 0 Å². The van der Waals surface area contributed by atoms with Gasteiger partial charge in [-0.05, 0) is 12.5 Å². The summed E-state index contributed by atoms with van der Waals surface area (Å²) in [7, 11) is 0. The van der Waals surface area contributed by atoms with Gasteiger partial charge in [0.05, 0.1) is 6.54 Å². The van der Waals surface area contributed by atoms with Crippen molar-refractivity contribution in [2.75, 3.05) is 19.6 Å². The van der Waals surface area contributed by atoms with Crippen molar-refractivity contribution in [2.24, 2.45) is 5.92 Å². The van der Waals surface area contributed by atoms with E-state index in [2.05, 4.69) is 31.0 Å². The van der Waals surface area contributed by atoms with Crippen LogP contribution in [0.1, 0.15) is 20.8 Å². The number of carbonyl (C=O) groups excluding carboxylic acids is 1. The van der Waals surface area contributed by atoms with Crippen LogP contribution in [0.2, 0.25) is 0 Å². The smallest absolute Gasteiger partial charge is 0.234 e. The fraction of sp³-hybridized carbons (Fsp3) is 0.889. The molecule has 1 heterocycles. The number of amides is 1. The lowest BCUT2D eigenvalue weighted by atomic mass is 10.0. The van der Waals surface area contributed by atoms with E-state index in [1.807, 2.05) is 0 Å². The number of likely N-dealkylation sites (N-methyl/N-ethyl adjacent to an activating group) is 1. The van der Waals surface area contributed by atoms with E-state index in [0.717, 1.165) is 13.1 Å². The number of hydrogen-bond acceptors (Lipinski definition) is 2. The Labute approximate surface area is 74.1 Å². The molecule has 1 N–H and O–H groups in total. The van der Waals surface area contributed by atoms with Crippen molar-refractivity contribution in [1.82, 2.24) is 10.2 Å². The molecule has 0 aliphatic carbocycles. The molecule has 0 spiro atoms. The van der Waals surface area contributed by atoms with Gasteiger partial charge in [0, 0.05) is 12.6 Å². The maximum absolute atomic E-state index is 11.2. The summed E-state index contributed by atoms with van der Waals surface area (Å²) in [6.07, 6.45) is 0. The van der Waals surface area contributed by atoms with Crippen molar-refractivity contribution < 1.29 is 4.79 Å². The average molecular weight is 170 g/mol. The molecular formula is C9H18N2O. The first-order valence-corrected chi connectivity index (χ1v) is 4.65. The van der Waals surface area contributed by atoms with Gasteiger partial charge < -0.3 is 5.32 Å². The van der Waals surface area contributed by atoms with Gasteiger partial charge >= 0.3 is 0 Å². The van der Waals surface area contributed by atoms with Gasteiger partial charge in [0.1, 0.15) is 0 Å². The number of hydrogen-bond donors (Lipinski definition) is 1. The molecule has 3 nitrogen and oxygen atoms in total. The second-order valence-electron chi connectivity index (χ2n) is 3.75. The van der Waals surface area contributed by atoms with Gasteiger partial charge in [0.25, 0.3) is 0 Å². The van der Waals surface area contributed by atoms with Gasteiger partial charge in [-0.2, -0.15) is 0 Å². The fourth-order valence-corrected chi connectivity index (χ4v) is 1.46. The molecule has 0 bridgehead atoms. The zero-order valence-corrected chi connectivity index (χ0v) is 8.13. The summed E-state index contributed by atoms with van der Waals surface area (Å²) in [5.41, 5.74) is 0. The normalized spacial score (nSPS) is 26.0. The Hall–Kier alpha value is -0.570. The highest BCUT2D eigenvalue weighted by atomic mass is 16.2. The largest absolute Gasteiger partial charge is 0.351 e. The highest BCUT2D eigenvalue weighted by molar-refractivity contribution is 5.79. The van der Waals surface area contributed by atoms with Crippen LogP contribution in [0.25, 0.3) is 0 Å². The number of nitrogens with zero attached hydrogens (tertiary/aromatic N) is 1. The Kier molecular flexibility index (Phi) is 3.09. The molecule has 0 aromatic rings. The first-order chi connectivity index (χ1) is 5.63. The van der Waals surface area contributed by atoms with E-state index in [-0.39, 0.29) is 5.91 Å². The molecule has 0 aromatic heterocycles. The van der Waals surface area contributed by atoms with Gasteiger partial charge in [-0.1, -0.05) is 20.8 Å². The average Bonchev–Trinajstić information content (AvgIpc) is 2.03. The Morgan fingerprint density at radius 1 is 1.67 bits per heavy atom. The van der Waals surface area contributed by atoms with Gasteiger partial charge in [0.2, 0.25) is 5.91 Å². The molecule has 3 heteroatoms. The summed E-state index contributed by atoms with van der Waals surface area (Å²) in [4.78, 5) is 13.4. The van der Waals surface area contributed by atoms with Crippen molar-refractivity contribution >= 4 is 5.91 Å². The van der Waals surface area contributed by atoms with E-state index in [9.17, 15) is 4.79 Å². The standard InChI is InChI=1S/C9H18N2O/c1-4-11-5-8(7(2)3)10-9(12)6-11/h7-8H,4-6H2,1-3H3,(H,10,12). The van der Waals surface area contributed by atoms with Crippen molar-refractivity contribution in [2.45, 2.75) is 26.8 Å². The van der Waals surface area contributed by atoms with Crippen LogP contribution in [0.4, 0.5) is 0 Å². The van der Waals surface area contributed by atoms with Crippen molar-refractivity contribution in [3.8, 4) is 0 Å². The molecule has 70 valence electrons. The summed E-state index contributed by atoms with van der Waals surface area (Å²) >= 11 is 0. The molecule has 0 radical (unpaired) electrons. The number of nitrogens with one attached hydrogen (secondary N) is 1. The third kappa shape index (κ3) is 2.21. The first-order valence-electron chi connectivity index (χ1n) is 4.65. The second-order valence-corrected chi connectivity index (χ2v) is 3.75. The monoisotopic (exact) mass is 170 g/mol. The SMILES string of the molecule is CCN1CC(=O)NC(C(C)C)C1. The molecule has 1 aliphatic rings. The summed E-state index contributed by atoms with van der Waals surface area (Å²) in [5.74, 6) is 0.699. The molecule has 0 saturated carbocycles. The van der Waals surface area contributed by atoms with Crippen molar-refractivity contribution in [3.63, 3.8) is 0 Å². The Bertz CT molecular complexity index is 168. The fourth-order valence-electron chi connectivity index (χ4n) is 1.46. The predicted molar refractivity (Wildman–Crippen MR) is 48.9 cm³/mol. The van der Waals surface area contributed by atoms with Crippen LogP contribution < -0.4 is 5.32 Å².